The first-order valence-corrected chi connectivity index (χ1v) is 18.2. The Morgan fingerprint density at radius 2 is 1.56 bits per heavy atom. The van der Waals surface area contributed by atoms with Crippen LogP contribution in [0.2, 0.25) is 0 Å². The van der Waals surface area contributed by atoms with Crippen molar-refractivity contribution in [3.05, 3.63) is 96.7 Å². The maximum absolute atomic E-state index is 12.2. The van der Waals surface area contributed by atoms with Gasteiger partial charge in [0.25, 0.3) is 0 Å². The molecular weight excluding hydrogens is 817 g/mol. The van der Waals surface area contributed by atoms with Crippen molar-refractivity contribution in [2.24, 2.45) is 10.8 Å². The number of hydrogen-bond donors (Lipinski definition) is 1. The van der Waals surface area contributed by atoms with Crippen LogP contribution in [-0.2, 0) is 30.3 Å². The number of ketones is 1. The first-order chi connectivity index (χ1) is 23.3. The van der Waals surface area contributed by atoms with Crippen molar-refractivity contribution in [1.82, 2.24) is 9.97 Å². The average molecular weight is 866 g/mol. The van der Waals surface area contributed by atoms with Crippen LogP contribution in [-0.4, -0.2) is 20.9 Å². The smallest absolute Gasteiger partial charge is 0.225 e. The summed E-state index contributed by atoms with van der Waals surface area (Å²) in [6, 6.07) is 22.8. The number of carbonyl (C=O) groups excluding carboxylic acids is 1. The largest absolute Gasteiger partial charge is 0.512 e. The molecule has 0 amide bonds. The summed E-state index contributed by atoms with van der Waals surface area (Å²) in [4.78, 5) is 22.6. The van der Waals surface area contributed by atoms with Crippen LogP contribution in [0.25, 0.3) is 53.7 Å². The Labute approximate surface area is 314 Å². The molecule has 7 heteroatoms. The number of nitrogens with zero attached hydrogens (tertiary/aromatic N) is 2. The van der Waals surface area contributed by atoms with E-state index in [9.17, 15) is 9.90 Å². The number of fused-ring (bicyclic) bond motifs is 3. The van der Waals surface area contributed by atoms with Crippen molar-refractivity contribution in [2.75, 3.05) is 0 Å². The maximum Gasteiger partial charge on any atom is 0.225 e. The monoisotopic (exact) mass is 866 g/mol. The van der Waals surface area contributed by atoms with Crippen LogP contribution in [0.3, 0.4) is 0 Å². The van der Waals surface area contributed by atoms with Crippen molar-refractivity contribution < 1.29 is 34.4 Å². The molecule has 6 rings (SSSR count). The molecule has 4 aromatic heterocycles. The fourth-order valence-electron chi connectivity index (χ4n) is 5.98. The molecule has 0 aliphatic carbocycles. The number of hydrogen-bond acceptors (Lipinski definition) is 6. The molecule has 0 fully saturated rings. The summed E-state index contributed by atoms with van der Waals surface area (Å²) in [5, 5.41) is 14.7. The normalized spacial score (nSPS) is 12.5. The second-order valence-corrected chi connectivity index (χ2v) is 15.6. The van der Waals surface area contributed by atoms with Crippen LogP contribution < -0.4 is 0 Å². The summed E-state index contributed by atoms with van der Waals surface area (Å²) in [6.07, 6.45) is 10.2. The molecule has 1 radical (unpaired) electrons. The number of aliphatic hydroxyl groups is 1. The van der Waals surface area contributed by atoms with E-state index in [4.69, 9.17) is 9.40 Å². The van der Waals surface area contributed by atoms with Crippen LogP contribution in [0.15, 0.2) is 89.5 Å². The molecule has 1 N–H and O–H groups in total. The summed E-state index contributed by atoms with van der Waals surface area (Å²) in [5.41, 5.74) is 4.48. The molecule has 4 heterocycles. The molecule has 0 unspecified atom stereocenters. The topological polar surface area (TPSA) is 76.2 Å². The Kier molecular flexibility index (Phi) is 12.3. The van der Waals surface area contributed by atoms with E-state index in [1.165, 1.54) is 26.6 Å². The van der Waals surface area contributed by atoms with E-state index in [1.807, 2.05) is 60.0 Å². The van der Waals surface area contributed by atoms with Gasteiger partial charge in [-0.15, -0.1) is 40.5 Å². The van der Waals surface area contributed by atoms with E-state index in [-0.39, 0.29) is 47.9 Å². The number of furan rings is 1. The summed E-state index contributed by atoms with van der Waals surface area (Å²) in [7, 11) is 0. The van der Waals surface area contributed by atoms with Gasteiger partial charge in [-0.2, -0.15) is 0 Å². The van der Waals surface area contributed by atoms with E-state index >= 15 is 0 Å². The molecule has 265 valence electrons. The van der Waals surface area contributed by atoms with Crippen molar-refractivity contribution in [1.29, 1.82) is 0 Å². The first kappa shape index (κ1) is 39.2. The van der Waals surface area contributed by atoms with E-state index in [1.54, 1.807) is 17.6 Å². The number of benzene rings is 2. The minimum atomic E-state index is -0.337. The molecule has 0 aliphatic rings. The van der Waals surface area contributed by atoms with Gasteiger partial charge < -0.3 is 9.52 Å². The average Bonchev–Trinajstić information content (AvgIpc) is 3.77. The second-order valence-electron chi connectivity index (χ2n) is 14.5. The number of rotatable bonds is 9. The van der Waals surface area contributed by atoms with E-state index in [0.29, 0.717) is 5.71 Å². The fraction of sp³-hybridized carbons (Fsp3) is 0.372. The minimum absolute atomic E-state index is 0. The van der Waals surface area contributed by atoms with Crippen LogP contribution in [0.4, 0.5) is 0 Å². The van der Waals surface area contributed by atoms with Gasteiger partial charge in [0.05, 0.1) is 6.26 Å². The Morgan fingerprint density at radius 3 is 2.22 bits per heavy atom. The third-order valence-electron chi connectivity index (χ3n) is 10.5. The molecule has 5 nitrogen and oxygen atoms in total. The van der Waals surface area contributed by atoms with Crippen LogP contribution >= 0.6 is 11.3 Å². The molecule has 2 aromatic carbocycles. The molecule has 0 saturated heterocycles. The predicted molar refractivity (Wildman–Crippen MR) is 206 cm³/mol. The van der Waals surface area contributed by atoms with Crippen molar-refractivity contribution in [3.8, 4) is 21.7 Å². The number of thiophene rings is 1. The second kappa shape index (κ2) is 15.7. The van der Waals surface area contributed by atoms with Gasteiger partial charge in [0.2, 0.25) is 5.71 Å². The molecular formula is C43H49IrN2O3S-. The Hall–Kier alpha value is -3.64. The van der Waals surface area contributed by atoms with E-state index in [0.717, 1.165) is 58.7 Å². The molecule has 50 heavy (non-hydrogen) atoms. The maximum atomic E-state index is 12.2. The van der Waals surface area contributed by atoms with Crippen molar-refractivity contribution in [3.63, 3.8) is 0 Å². The number of pyridine rings is 2. The number of aromatic nitrogens is 2. The number of allylic oxidation sites excluding steroid dienone is 2. The third kappa shape index (κ3) is 7.96. The van der Waals surface area contributed by atoms with Gasteiger partial charge in [0.15, 0.2) is 5.78 Å². The fourth-order valence-corrected chi connectivity index (χ4v) is 7.01. The SMILES string of the molecule is CC(C)(C)c1cc(-c2nccc3sc(-c4cnc5occc5c4)cc23)[c-]c2ccccc12.CCC(C)(CC)C(=O)/C=C(\O)C(C)(CC)CC.[Ir]. The van der Waals surface area contributed by atoms with Gasteiger partial charge in [0, 0.05) is 75.6 Å². The molecule has 0 bridgehead atoms. The third-order valence-corrected chi connectivity index (χ3v) is 11.6. The zero-order valence-electron chi connectivity index (χ0n) is 30.7. The number of aliphatic hydroxyl groups excluding tert-OH is 1. The number of carbonyl (C=O) groups is 1. The molecule has 0 saturated carbocycles. The molecule has 0 aliphatic heterocycles. The first-order valence-electron chi connectivity index (χ1n) is 17.4. The minimum Gasteiger partial charge on any atom is -0.512 e. The Morgan fingerprint density at radius 1 is 0.880 bits per heavy atom. The van der Waals surface area contributed by atoms with Gasteiger partial charge >= 0.3 is 0 Å². The van der Waals surface area contributed by atoms with Gasteiger partial charge in [-0.1, -0.05) is 91.5 Å². The zero-order valence-corrected chi connectivity index (χ0v) is 33.9. The Bertz CT molecular complexity index is 2130. The van der Waals surface area contributed by atoms with Gasteiger partial charge in [-0.05, 0) is 60.7 Å². The van der Waals surface area contributed by atoms with E-state index < -0.39 is 0 Å². The molecule has 0 atom stereocenters. The molecule has 0 spiro atoms. The van der Waals surface area contributed by atoms with Gasteiger partial charge in [0.1, 0.15) is 5.76 Å². The summed E-state index contributed by atoms with van der Waals surface area (Å²) >= 11 is 1.76. The quantitative estimate of drug-likeness (QED) is 0.0890. The van der Waals surface area contributed by atoms with Crippen molar-refractivity contribution >= 4 is 49.1 Å². The molecule has 6 aromatic rings. The van der Waals surface area contributed by atoms with E-state index in [2.05, 4.69) is 80.4 Å². The summed E-state index contributed by atoms with van der Waals surface area (Å²) < 4.78 is 6.60. The van der Waals surface area contributed by atoms with Gasteiger partial charge in [-0.25, -0.2) is 4.98 Å². The summed E-state index contributed by atoms with van der Waals surface area (Å²) in [5.74, 6) is 0.286. The Balaban J connectivity index is 0.000000269. The summed E-state index contributed by atoms with van der Waals surface area (Å²) in [6.45, 7) is 18.9. The zero-order chi connectivity index (χ0) is 35.6. The van der Waals surface area contributed by atoms with Crippen molar-refractivity contribution in [2.45, 2.75) is 93.4 Å². The van der Waals surface area contributed by atoms with Gasteiger partial charge in [-0.3, -0.25) is 9.78 Å². The van der Waals surface area contributed by atoms with Crippen LogP contribution in [0.1, 0.15) is 93.6 Å². The van der Waals surface area contributed by atoms with Crippen LogP contribution in [0.5, 0.6) is 0 Å². The predicted octanol–water partition coefficient (Wildman–Crippen LogP) is 12.7. The standard InChI is InChI=1S/C28H21N2OS.C15H28O2.Ir/c1-28(2,3)23-14-19(12-17-6-4-5-7-21(17)23)26-22-15-25(32-24(22)8-10-29-26)20-13-18-9-11-31-27(18)30-16-20;1-7-14(5,8-2)12(16)11-13(17)15(6,9-3)10-4;/h4-11,13-16H,1-3H3;11,16H,7-10H2,1-6H3;/q-1;;/b;12-11-;. The van der Waals surface area contributed by atoms with Crippen LogP contribution in [0, 0.1) is 16.9 Å².